The van der Waals surface area contributed by atoms with Crippen molar-refractivity contribution < 1.29 is 9.21 Å². The van der Waals surface area contributed by atoms with Gasteiger partial charge in [-0.2, -0.15) is 0 Å². The number of para-hydroxylation sites is 1. The highest BCUT2D eigenvalue weighted by Crippen LogP contribution is 2.33. The zero-order valence-electron chi connectivity index (χ0n) is 18.6. The van der Waals surface area contributed by atoms with E-state index >= 15 is 0 Å². The number of anilines is 1. The van der Waals surface area contributed by atoms with E-state index in [1.807, 2.05) is 18.2 Å². The van der Waals surface area contributed by atoms with Crippen molar-refractivity contribution in [2.24, 2.45) is 0 Å². The van der Waals surface area contributed by atoms with Gasteiger partial charge in [0.2, 0.25) is 0 Å². The third-order valence-electron chi connectivity index (χ3n) is 5.52. The SMILES string of the molecule is CCCc1sc(NC(=O)c2cc(=O)c3ccccc3o2)nc1-c1ccc(-c2ccccc2)cc1. The molecule has 34 heavy (non-hydrogen) atoms. The second-order valence-electron chi connectivity index (χ2n) is 7.91. The van der Waals surface area contributed by atoms with E-state index in [1.165, 1.54) is 17.4 Å². The van der Waals surface area contributed by atoms with E-state index in [2.05, 4.69) is 48.6 Å². The van der Waals surface area contributed by atoms with Crippen LogP contribution < -0.4 is 10.7 Å². The molecule has 2 heterocycles. The summed E-state index contributed by atoms with van der Waals surface area (Å²) in [5.74, 6) is -0.532. The van der Waals surface area contributed by atoms with E-state index < -0.39 is 5.91 Å². The van der Waals surface area contributed by atoms with Crippen LogP contribution in [0.2, 0.25) is 0 Å². The maximum atomic E-state index is 12.8. The first kappa shape index (κ1) is 21.8. The highest BCUT2D eigenvalue weighted by molar-refractivity contribution is 7.16. The Hall–Kier alpha value is -4.03. The quantitative estimate of drug-likeness (QED) is 0.299. The van der Waals surface area contributed by atoms with Crippen LogP contribution in [-0.4, -0.2) is 10.9 Å². The van der Waals surface area contributed by atoms with Crippen LogP contribution in [0.5, 0.6) is 0 Å². The smallest absolute Gasteiger partial charge is 0.293 e. The zero-order valence-corrected chi connectivity index (χ0v) is 19.4. The highest BCUT2D eigenvalue weighted by atomic mass is 32.1. The van der Waals surface area contributed by atoms with E-state index in [0.717, 1.165) is 40.1 Å². The number of hydrogen-bond donors (Lipinski definition) is 1. The molecule has 0 aliphatic heterocycles. The van der Waals surface area contributed by atoms with Gasteiger partial charge in [-0.3, -0.25) is 14.9 Å². The normalized spacial score (nSPS) is 11.0. The van der Waals surface area contributed by atoms with Gasteiger partial charge in [-0.05, 0) is 29.7 Å². The van der Waals surface area contributed by atoms with Crippen molar-refractivity contribution in [3.8, 4) is 22.4 Å². The monoisotopic (exact) mass is 466 g/mol. The Kier molecular flexibility index (Phi) is 6.06. The number of carbonyl (C=O) groups is 1. The van der Waals surface area contributed by atoms with E-state index in [1.54, 1.807) is 24.3 Å². The molecule has 0 aliphatic rings. The largest absolute Gasteiger partial charge is 0.451 e. The molecule has 5 rings (SSSR count). The second kappa shape index (κ2) is 9.45. The lowest BCUT2D eigenvalue weighted by atomic mass is 10.0. The topological polar surface area (TPSA) is 72.2 Å². The summed E-state index contributed by atoms with van der Waals surface area (Å²) in [6.07, 6.45) is 1.82. The average molecular weight is 467 g/mol. The number of benzene rings is 3. The molecule has 0 unspecified atom stereocenters. The lowest BCUT2D eigenvalue weighted by Gasteiger charge is -2.05. The lowest BCUT2D eigenvalue weighted by Crippen LogP contribution is -2.14. The Morgan fingerprint density at radius 3 is 2.35 bits per heavy atom. The van der Waals surface area contributed by atoms with Gasteiger partial charge in [-0.25, -0.2) is 4.98 Å². The van der Waals surface area contributed by atoms with Crippen molar-refractivity contribution in [3.05, 3.63) is 106 Å². The summed E-state index contributed by atoms with van der Waals surface area (Å²) >= 11 is 1.45. The Morgan fingerprint density at radius 1 is 0.912 bits per heavy atom. The number of amides is 1. The number of rotatable bonds is 6. The van der Waals surface area contributed by atoms with Crippen LogP contribution in [0.25, 0.3) is 33.4 Å². The molecule has 1 amide bonds. The Labute approximate surface area is 200 Å². The fraction of sp³-hybridized carbons (Fsp3) is 0.107. The predicted molar refractivity (Wildman–Crippen MR) is 137 cm³/mol. The highest BCUT2D eigenvalue weighted by Gasteiger charge is 2.18. The Bertz CT molecular complexity index is 1520. The molecule has 6 heteroatoms. The molecule has 168 valence electrons. The molecule has 5 nitrogen and oxygen atoms in total. The third-order valence-corrected chi connectivity index (χ3v) is 6.55. The van der Waals surface area contributed by atoms with Gasteiger partial charge in [0.05, 0.1) is 11.1 Å². The van der Waals surface area contributed by atoms with Crippen molar-refractivity contribution >= 4 is 33.3 Å². The number of aryl methyl sites for hydroxylation is 1. The molecule has 0 fully saturated rings. The maximum absolute atomic E-state index is 12.8. The minimum Gasteiger partial charge on any atom is -0.451 e. The summed E-state index contributed by atoms with van der Waals surface area (Å²) in [6.45, 7) is 2.12. The molecule has 0 aliphatic carbocycles. The van der Waals surface area contributed by atoms with Crippen LogP contribution in [-0.2, 0) is 6.42 Å². The van der Waals surface area contributed by atoms with Crippen LogP contribution >= 0.6 is 11.3 Å². The average Bonchev–Trinajstić information content (AvgIpc) is 3.27. The fourth-order valence-electron chi connectivity index (χ4n) is 3.85. The van der Waals surface area contributed by atoms with Crippen LogP contribution in [0.4, 0.5) is 5.13 Å². The summed E-state index contributed by atoms with van der Waals surface area (Å²) in [4.78, 5) is 31.0. The summed E-state index contributed by atoms with van der Waals surface area (Å²) in [6, 6.07) is 26.6. The molecule has 0 radical (unpaired) electrons. The van der Waals surface area contributed by atoms with Crippen molar-refractivity contribution in [3.63, 3.8) is 0 Å². The van der Waals surface area contributed by atoms with Crippen molar-refractivity contribution in [2.75, 3.05) is 5.32 Å². The number of nitrogens with one attached hydrogen (secondary N) is 1. The van der Waals surface area contributed by atoms with Gasteiger partial charge in [0.25, 0.3) is 5.91 Å². The number of aromatic nitrogens is 1. The minimum absolute atomic E-state index is 0.0373. The number of hydrogen-bond acceptors (Lipinski definition) is 5. The number of fused-ring (bicyclic) bond motifs is 1. The van der Waals surface area contributed by atoms with Crippen LogP contribution in [0, 0.1) is 0 Å². The molecule has 0 saturated heterocycles. The zero-order chi connectivity index (χ0) is 23.5. The summed E-state index contributed by atoms with van der Waals surface area (Å²) in [5.41, 5.74) is 4.28. The molecule has 0 bridgehead atoms. The molecule has 0 spiro atoms. The van der Waals surface area contributed by atoms with Gasteiger partial charge in [-0.1, -0.05) is 80.1 Å². The van der Waals surface area contributed by atoms with E-state index in [9.17, 15) is 9.59 Å². The predicted octanol–water partition coefficient (Wildman–Crippen LogP) is 6.79. The van der Waals surface area contributed by atoms with Crippen molar-refractivity contribution in [1.29, 1.82) is 0 Å². The summed E-state index contributed by atoms with van der Waals surface area (Å²) in [7, 11) is 0. The minimum atomic E-state index is -0.495. The van der Waals surface area contributed by atoms with Crippen LogP contribution in [0.3, 0.4) is 0 Å². The molecule has 5 aromatic rings. The first-order valence-electron chi connectivity index (χ1n) is 11.1. The van der Waals surface area contributed by atoms with Gasteiger partial charge >= 0.3 is 0 Å². The van der Waals surface area contributed by atoms with Crippen molar-refractivity contribution in [1.82, 2.24) is 4.98 Å². The Balaban J connectivity index is 1.43. The lowest BCUT2D eigenvalue weighted by molar-refractivity contribution is 0.0997. The first-order valence-corrected chi connectivity index (χ1v) is 11.9. The van der Waals surface area contributed by atoms with Crippen molar-refractivity contribution in [2.45, 2.75) is 19.8 Å². The number of nitrogens with zero attached hydrogens (tertiary/aromatic N) is 1. The molecule has 1 N–H and O–H groups in total. The maximum Gasteiger partial charge on any atom is 0.293 e. The molecular weight excluding hydrogens is 444 g/mol. The van der Waals surface area contributed by atoms with E-state index in [4.69, 9.17) is 9.40 Å². The van der Waals surface area contributed by atoms with Crippen LogP contribution in [0.1, 0.15) is 28.8 Å². The van der Waals surface area contributed by atoms with Gasteiger partial charge in [0.15, 0.2) is 16.3 Å². The summed E-state index contributed by atoms with van der Waals surface area (Å²) in [5, 5.41) is 3.73. The van der Waals surface area contributed by atoms with Gasteiger partial charge < -0.3 is 4.42 Å². The number of carbonyl (C=O) groups excluding carboxylic acids is 1. The van der Waals surface area contributed by atoms with Crippen LogP contribution in [0.15, 0.2) is 94.1 Å². The van der Waals surface area contributed by atoms with E-state index in [0.29, 0.717) is 16.1 Å². The van der Waals surface area contributed by atoms with Gasteiger partial charge in [0, 0.05) is 16.5 Å². The first-order chi connectivity index (χ1) is 16.6. The fourth-order valence-corrected chi connectivity index (χ4v) is 4.93. The molecular formula is C28H22N2O3S. The Morgan fingerprint density at radius 2 is 1.59 bits per heavy atom. The standard InChI is InChI=1S/C28H22N2O3S/c1-2-8-25-26(20-15-13-19(14-16-20)18-9-4-3-5-10-18)29-28(34-25)30-27(32)24-17-22(31)21-11-6-7-12-23(21)33-24/h3-7,9-17H,2,8H2,1H3,(H,29,30,32). The molecule has 3 aromatic carbocycles. The molecule has 0 atom stereocenters. The summed E-state index contributed by atoms with van der Waals surface area (Å²) < 4.78 is 5.67. The molecule has 2 aromatic heterocycles. The third kappa shape index (κ3) is 4.40. The van der Waals surface area contributed by atoms with E-state index in [-0.39, 0.29) is 11.2 Å². The molecule has 0 saturated carbocycles. The van der Waals surface area contributed by atoms with Gasteiger partial charge in [-0.15, -0.1) is 11.3 Å². The second-order valence-corrected chi connectivity index (χ2v) is 8.99. The van der Waals surface area contributed by atoms with Gasteiger partial charge in [0.1, 0.15) is 5.58 Å². The number of thiazole rings is 1.